The second-order valence-corrected chi connectivity index (χ2v) is 30.9. The molecule has 5 aliphatic carbocycles. The summed E-state index contributed by atoms with van der Waals surface area (Å²) >= 11 is 0. The number of hydrogen-bond acceptors (Lipinski definition) is 30. The maximum Gasteiger partial charge on any atom is 0.314 e. The van der Waals surface area contributed by atoms with E-state index in [1.54, 1.807) is 0 Å². The van der Waals surface area contributed by atoms with Crippen LogP contribution in [0.1, 0.15) is 120 Å². The molecule has 6 saturated heterocycles. The number of aliphatic hydroxyl groups excluding tert-OH is 17. The number of carbonyl (C=O) groups is 1. The molecular weight excluding hydrogens is 1260 g/mol. The first-order valence-electron chi connectivity index (χ1n) is 34.0. The van der Waals surface area contributed by atoms with Crippen LogP contribution in [0, 0.1) is 56.7 Å². The zero-order valence-corrected chi connectivity index (χ0v) is 55.2. The van der Waals surface area contributed by atoms with Crippen LogP contribution in [-0.4, -0.2) is 303 Å². The van der Waals surface area contributed by atoms with E-state index in [1.807, 2.05) is 6.92 Å². The summed E-state index contributed by atoms with van der Waals surface area (Å²) in [6.45, 7) is 18.3. The highest BCUT2D eigenvalue weighted by atomic mass is 16.8. The number of esters is 1. The minimum absolute atomic E-state index is 0.0144. The molecule has 0 aromatic rings. The molecule has 0 bridgehead atoms. The zero-order valence-electron chi connectivity index (χ0n) is 55.2. The van der Waals surface area contributed by atoms with Gasteiger partial charge < -0.3 is 144 Å². The van der Waals surface area contributed by atoms with Crippen LogP contribution < -0.4 is 0 Å². The van der Waals surface area contributed by atoms with E-state index in [0.717, 1.165) is 37.7 Å². The Morgan fingerprint density at radius 1 is 0.474 bits per heavy atom. The van der Waals surface area contributed by atoms with E-state index in [4.69, 9.17) is 56.8 Å². The average Bonchev–Trinajstić information content (AvgIpc) is 1.61. The molecule has 0 amide bonds. The maximum absolute atomic E-state index is 15.3. The first-order valence-corrected chi connectivity index (χ1v) is 34.0. The number of allylic oxidation sites excluding steroid dienone is 1. The number of hydrogen-bond donors (Lipinski definition) is 17. The molecule has 6 aliphatic heterocycles. The molecule has 95 heavy (non-hydrogen) atoms. The van der Waals surface area contributed by atoms with Gasteiger partial charge >= 0.3 is 5.97 Å². The van der Waals surface area contributed by atoms with E-state index < -0.39 is 221 Å². The van der Waals surface area contributed by atoms with Crippen molar-refractivity contribution in [2.24, 2.45) is 56.7 Å². The Bertz CT molecular complexity index is 2640. The van der Waals surface area contributed by atoms with Crippen molar-refractivity contribution in [3.63, 3.8) is 0 Å². The third-order valence-corrected chi connectivity index (χ3v) is 25.6. The van der Waals surface area contributed by atoms with Crippen LogP contribution >= 0.6 is 0 Å². The van der Waals surface area contributed by atoms with Crippen LogP contribution in [0.2, 0.25) is 0 Å². The van der Waals surface area contributed by atoms with E-state index >= 15 is 4.79 Å². The van der Waals surface area contributed by atoms with Crippen molar-refractivity contribution in [3.8, 4) is 0 Å². The third kappa shape index (κ3) is 12.6. The Labute approximate surface area is 551 Å². The van der Waals surface area contributed by atoms with Crippen LogP contribution in [0.5, 0.6) is 0 Å². The van der Waals surface area contributed by atoms with Crippen LogP contribution in [0.3, 0.4) is 0 Å². The molecule has 11 rings (SSSR count). The molecule has 6 heterocycles. The van der Waals surface area contributed by atoms with Gasteiger partial charge in [-0.1, -0.05) is 46.8 Å². The monoisotopic (exact) mass is 1370 g/mol. The normalized spacial score (nSPS) is 55.5. The third-order valence-electron chi connectivity index (χ3n) is 25.6. The number of carbonyl (C=O) groups excluding carboxylic acids is 1. The minimum Gasteiger partial charge on any atom is -0.432 e. The van der Waals surface area contributed by atoms with Crippen LogP contribution in [0.15, 0.2) is 12.2 Å². The SMILES string of the molecule is C=C(C)[C@@H]1CC[C@]2(C(=O)O[C@@H]3O[C@H](CO[C@@H]4O[C@H](CO)[C@@H](O[C@@H]5O[C@@H](C)[C@H](O)[C@@H](O)[C@H]5O)[C@H](O)[C@H]4O)[C@@H](O)[C@H](O)[C@H]3O)CC[C@]3(C)[C@H](CC[C@@H]4[C@@]5(C)CC[C@H](O[C@@H]6OC[C@H](O[C@@H]7O[C@H](CO)[C@@H](O)[C@H](O)[C@H]7O)[C@H](O)[C@H]6O[C@@H]6O[C@@H](C)[C@H](O)[C@@H](O)[C@H]6O)C(C)(C)[C@@H]5CC[C@@]43C)[C@@H]12. The topological polar surface area (TPSA) is 472 Å². The molecule has 0 aromatic heterocycles. The van der Waals surface area contributed by atoms with Crippen molar-refractivity contribution in [3.05, 3.63) is 12.2 Å². The number of ether oxygens (including phenoxy) is 12. The maximum atomic E-state index is 15.3. The minimum atomic E-state index is -1.91. The molecule has 0 spiro atoms. The quantitative estimate of drug-likeness (QED) is 0.0400. The van der Waals surface area contributed by atoms with E-state index in [0.29, 0.717) is 32.1 Å². The van der Waals surface area contributed by atoms with Gasteiger partial charge in [-0.15, -0.1) is 0 Å². The van der Waals surface area contributed by atoms with Crippen molar-refractivity contribution < 1.29 is 148 Å². The van der Waals surface area contributed by atoms with Gasteiger partial charge in [0.2, 0.25) is 6.29 Å². The molecule has 11 fully saturated rings. The predicted octanol–water partition coefficient (Wildman–Crippen LogP) is -3.84. The molecule has 30 heteroatoms. The van der Waals surface area contributed by atoms with E-state index in [1.165, 1.54) is 13.8 Å². The Balaban J connectivity index is 0.767. The molecule has 0 aromatic carbocycles. The lowest BCUT2D eigenvalue weighted by Crippen LogP contribution is -2.68. The number of rotatable bonds is 16. The molecular formula is C65H106O30. The lowest BCUT2D eigenvalue weighted by atomic mass is 9.32. The molecule has 30 nitrogen and oxygen atoms in total. The fourth-order valence-corrected chi connectivity index (χ4v) is 19.9. The molecule has 5 saturated carbocycles. The summed E-state index contributed by atoms with van der Waals surface area (Å²) in [7, 11) is 0. The highest BCUT2D eigenvalue weighted by Crippen LogP contribution is 2.78. The summed E-state index contributed by atoms with van der Waals surface area (Å²) in [4.78, 5) is 15.3. The largest absolute Gasteiger partial charge is 0.432 e. The van der Waals surface area contributed by atoms with Gasteiger partial charge in [0, 0.05) is 0 Å². The Morgan fingerprint density at radius 2 is 1.01 bits per heavy atom. The van der Waals surface area contributed by atoms with Gasteiger partial charge in [-0.25, -0.2) is 0 Å². The molecule has 0 radical (unpaired) electrons. The standard InChI is InChI=1S/C65H106O30/c1-24(2)27-12-17-65(60(83)95-58-50(81)45(76)40(71)31(90-58)22-84-54-51(82)46(77)52(30(21-67)89-54)93-55-47(78)42(73)37(68)25(3)86-55)19-18-63(8)28(36(27)65)10-11-34-62(7)15-14-35(61(5,6)33(62)13-16-64(34,63)9)92-59-53(94-56-48(79)43(74)38(69)26(4)87-56)41(72)32(23-85-59)91-57-49(80)44(75)39(70)29(20-66)88-57/h25-59,66-82H,1,10-23H2,2-9H3/t25-,26-,27-,28+,29+,30+,31+,32-,33-,34+,35-,36+,37-,38-,39+,40+,41-,42+,43+,44-,45-,46+,47+,48+,49+,50+,51+,52+,53+,54+,55-,56-,57-,58-,59-,62-,63+,64-,65-/m0/s1. The van der Waals surface area contributed by atoms with Gasteiger partial charge in [-0.05, 0) is 136 Å². The van der Waals surface area contributed by atoms with Gasteiger partial charge in [-0.3, -0.25) is 4.79 Å². The zero-order chi connectivity index (χ0) is 69.2. The van der Waals surface area contributed by atoms with Gasteiger partial charge in [0.1, 0.15) is 128 Å². The predicted molar refractivity (Wildman–Crippen MR) is 319 cm³/mol. The van der Waals surface area contributed by atoms with Crippen molar-refractivity contribution in [2.45, 2.75) is 304 Å². The number of fused-ring (bicyclic) bond motifs is 7. The van der Waals surface area contributed by atoms with E-state index in [9.17, 15) is 86.8 Å². The lowest BCUT2D eigenvalue weighted by molar-refractivity contribution is -0.381. The lowest BCUT2D eigenvalue weighted by Gasteiger charge is -2.73. The fraction of sp³-hybridized carbons (Fsp3) is 0.954. The summed E-state index contributed by atoms with van der Waals surface area (Å²) in [5.74, 6) is -0.608. The Morgan fingerprint density at radius 3 is 1.61 bits per heavy atom. The first kappa shape index (κ1) is 74.3. The van der Waals surface area contributed by atoms with Crippen molar-refractivity contribution in [1.29, 1.82) is 0 Å². The summed E-state index contributed by atoms with van der Waals surface area (Å²) in [6.07, 6.45) is -40.3. The van der Waals surface area contributed by atoms with Crippen LogP contribution in [0.4, 0.5) is 0 Å². The summed E-state index contributed by atoms with van der Waals surface area (Å²) < 4.78 is 72.1. The van der Waals surface area contributed by atoms with E-state index in [-0.39, 0.29) is 52.4 Å². The Hall–Kier alpha value is -1.91. The first-order chi connectivity index (χ1) is 44.6. The molecule has 39 atom stereocenters. The summed E-state index contributed by atoms with van der Waals surface area (Å²) in [5, 5.41) is 184. The van der Waals surface area contributed by atoms with Crippen molar-refractivity contribution >= 4 is 5.97 Å². The highest BCUT2D eigenvalue weighted by Gasteiger charge is 2.73. The van der Waals surface area contributed by atoms with Crippen molar-refractivity contribution in [1.82, 2.24) is 0 Å². The second-order valence-electron chi connectivity index (χ2n) is 30.9. The highest BCUT2D eigenvalue weighted by molar-refractivity contribution is 5.78. The molecule has 11 aliphatic rings. The summed E-state index contributed by atoms with van der Waals surface area (Å²) in [5.41, 5.74) is -1.44. The van der Waals surface area contributed by atoms with Gasteiger partial charge in [-0.2, -0.15) is 0 Å². The van der Waals surface area contributed by atoms with Gasteiger partial charge in [0.15, 0.2) is 31.5 Å². The fourth-order valence-electron chi connectivity index (χ4n) is 19.9. The van der Waals surface area contributed by atoms with Crippen molar-refractivity contribution in [2.75, 3.05) is 26.4 Å². The number of aliphatic hydroxyl groups is 17. The van der Waals surface area contributed by atoms with E-state index in [2.05, 4.69) is 41.2 Å². The molecule has 17 N–H and O–H groups in total. The Kier molecular flexibility index (Phi) is 21.9. The molecule has 0 unspecified atom stereocenters. The average molecular weight is 1370 g/mol. The van der Waals surface area contributed by atoms with Gasteiger partial charge in [0.05, 0.1) is 50.2 Å². The summed E-state index contributed by atoms with van der Waals surface area (Å²) in [6, 6.07) is 0. The molecule has 546 valence electrons. The van der Waals surface area contributed by atoms with Gasteiger partial charge in [0.25, 0.3) is 0 Å². The van der Waals surface area contributed by atoms with Crippen LogP contribution in [0.25, 0.3) is 0 Å². The smallest absolute Gasteiger partial charge is 0.314 e. The second kappa shape index (κ2) is 28.0. The van der Waals surface area contributed by atoms with Crippen LogP contribution in [-0.2, 0) is 61.6 Å².